The topological polar surface area (TPSA) is 68.1 Å². The van der Waals surface area contributed by atoms with E-state index in [0.717, 1.165) is 16.0 Å². The molecule has 7 heteroatoms. The van der Waals surface area contributed by atoms with Gasteiger partial charge < -0.3 is 5.32 Å². The van der Waals surface area contributed by atoms with Crippen LogP contribution in [0.15, 0.2) is 24.4 Å². The van der Waals surface area contributed by atoms with E-state index >= 15 is 0 Å². The number of benzene rings is 1. The smallest absolute Gasteiger partial charge is 0.272 e. The molecule has 19 heavy (non-hydrogen) atoms. The van der Waals surface area contributed by atoms with Gasteiger partial charge in [0.2, 0.25) is 0 Å². The van der Waals surface area contributed by atoms with Crippen LogP contribution in [0, 0.1) is 22.9 Å². The minimum absolute atomic E-state index is 0.158. The first-order chi connectivity index (χ1) is 8.97. The summed E-state index contributed by atoms with van der Waals surface area (Å²) in [6.07, 6.45) is 1.75. The summed E-state index contributed by atoms with van der Waals surface area (Å²) < 4.78 is 13.7. The number of aryl methyl sites for hydroxylation is 1. The van der Waals surface area contributed by atoms with Crippen LogP contribution in [0.1, 0.15) is 22.9 Å². The Hall–Kier alpha value is -2.02. The number of hydrogen-bond acceptors (Lipinski definition) is 5. The molecule has 100 valence electrons. The third kappa shape index (κ3) is 3.05. The minimum Gasteiger partial charge on any atom is -0.374 e. The zero-order valence-corrected chi connectivity index (χ0v) is 11.2. The third-order valence-corrected chi connectivity index (χ3v) is 3.64. The molecule has 5 nitrogen and oxygen atoms in total. The number of nitrogens with zero attached hydrogens (tertiary/aromatic N) is 2. The second-order valence-electron chi connectivity index (χ2n) is 4.10. The molecule has 0 aliphatic rings. The van der Waals surface area contributed by atoms with Gasteiger partial charge in [-0.05, 0) is 19.9 Å². The summed E-state index contributed by atoms with van der Waals surface area (Å²) in [5.41, 5.74) is -0.0354. The van der Waals surface area contributed by atoms with Crippen molar-refractivity contribution in [3.8, 4) is 0 Å². The first-order valence-corrected chi connectivity index (χ1v) is 6.42. The number of anilines is 1. The molecule has 2 aromatic rings. The molecule has 1 atom stereocenters. The van der Waals surface area contributed by atoms with Crippen molar-refractivity contribution in [3.63, 3.8) is 0 Å². The van der Waals surface area contributed by atoms with Crippen molar-refractivity contribution in [3.05, 3.63) is 50.2 Å². The SMILES string of the molecule is Cc1cnc(C(C)Nc2ccc([N+](=O)[O-])cc2F)s1. The van der Waals surface area contributed by atoms with Gasteiger partial charge in [-0.2, -0.15) is 0 Å². The monoisotopic (exact) mass is 281 g/mol. The Morgan fingerprint density at radius 3 is 2.79 bits per heavy atom. The van der Waals surface area contributed by atoms with E-state index in [0.29, 0.717) is 0 Å². The van der Waals surface area contributed by atoms with Crippen LogP contribution < -0.4 is 5.32 Å². The Bertz CT molecular complexity index is 615. The average Bonchev–Trinajstić information content (AvgIpc) is 2.78. The van der Waals surface area contributed by atoms with E-state index in [-0.39, 0.29) is 17.4 Å². The van der Waals surface area contributed by atoms with E-state index in [1.807, 2.05) is 13.8 Å². The normalized spacial score (nSPS) is 12.2. The van der Waals surface area contributed by atoms with Gasteiger partial charge in [0.1, 0.15) is 5.01 Å². The van der Waals surface area contributed by atoms with Gasteiger partial charge >= 0.3 is 0 Å². The van der Waals surface area contributed by atoms with Crippen LogP contribution in [0.4, 0.5) is 15.8 Å². The van der Waals surface area contributed by atoms with Gasteiger partial charge in [-0.25, -0.2) is 9.37 Å². The molecule has 0 aliphatic heterocycles. The first-order valence-electron chi connectivity index (χ1n) is 5.60. The summed E-state index contributed by atoms with van der Waals surface area (Å²) in [6, 6.07) is 3.38. The number of halogens is 1. The number of thiazole rings is 1. The van der Waals surface area contributed by atoms with Gasteiger partial charge in [0.25, 0.3) is 5.69 Å². The van der Waals surface area contributed by atoms with Crippen molar-refractivity contribution in [1.82, 2.24) is 4.98 Å². The van der Waals surface area contributed by atoms with Gasteiger partial charge in [0.05, 0.1) is 22.7 Å². The third-order valence-electron chi connectivity index (χ3n) is 2.55. The summed E-state index contributed by atoms with van der Waals surface area (Å²) in [7, 11) is 0. The zero-order valence-electron chi connectivity index (χ0n) is 10.4. The van der Waals surface area contributed by atoms with Gasteiger partial charge in [-0.3, -0.25) is 10.1 Å². The fourth-order valence-electron chi connectivity index (χ4n) is 1.60. The molecule has 0 saturated carbocycles. The summed E-state index contributed by atoms with van der Waals surface area (Å²) in [4.78, 5) is 15.2. The predicted octanol–water partition coefficient (Wildman–Crippen LogP) is 3.67. The Balaban J connectivity index is 2.17. The number of nitro benzene ring substituents is 1. The van der Waals surface area contributed by atoms with E-state index in [9.17, 15) is 14.5 Å². The van der Waals surface area contributed by atoms with Crippen molar-refractivity contribution in [2.75, 3.05) is 5.32 Å². The van der Waals surface area contributed by atoms with Crippen LogP contribution in [-0.4, -0.2) is 9.91 Å². The summed E-state index contributed by atoms with van der Waals surface area (Å²) in [5.74, 6) is -0.644. The molecule has 1 heterocycles. The van der Waals surface area contributed by atoms with E-state index in [1.165, 1.54) is 23.5 Å². The number of aromatic nitrogens is 1. The maximum Gasteiger partial charge on any atom is 0.272 e. The summed E-state index contributed by atoms with van der Waals surface area (Å²) in [6.45, 7) is 3.81. The van der Waals surface area contributed by atoms with E-state index in [1.54, 1.807) is 6.20 Å². The van der Waals surface area contributed by atoms with Gasteiger partial charge in [0.15, 0.2) is 5.82 Å². The Kier molecular flexibility index (Phi) is 3.75. The molecule has 0 radical (unpaired) electrons. The van der Waals surface area contributed by atoms with Crippen molar-refractivity contribution >= 4 is 22.7 Å². The molecule has 1 aromatic heterocycles. The van der Waals surface area contributed by atoms with Crippen LogP contribution in [-0.2, 0) is 0 Å². The Morgan fingerprint density at radius 2 is 2.26 bits per heavy atom. The summed E-state index contributed by atoms with van der Waals surface area (Å²) in [5, 5.41) is 14.3. The molecule has 0 aliphatic carbocycles. The number of non-ortho nitro benzene ring substituents is 1. The maximum absolute atomic E-state index is 13.7. The molecule has 1 aromatic carbocycles. The fourth-order valence-corrected chi connectivity index (χ4v) is 2.38. The van der Waals surface area contributed by atoms with Crippen LogP contribution in [0.25, 0.3) is 0 Å². The van der Waals surface area contributed by atoms with Crippen LogP contribution in [0.3, 0.4) is 0 Å². The quantitative estimate of drug-likeness (QED) is 0.685. The summed E-state index contributed by atoms with van der Waals surface area (Å²) >= 11 is 1.52. The lowest BCUT2D eigenvalue weighted by molar-refractivity contribution is -0.385. The van der Waals surface area contributed by atoms with E-state index in [2.05, 4.69) is 10.3 Å². The van der Waals surface area contributed by atoms with Crippen LogP contribution in [0.5, 0.6) is 0 Å². The fraction of sp³-hybridized carbons (Fsp3) is 0.250. The molecule has 0 fully saturated rings. The molecule has 0 amide bonds. The molecular formula is C12H12FN3O2S. The highest BCUT2D eigenvalue weighted by Gasteiger charge is 2.14. The Morgan fingerprint density at radius 1 is 1.53 bits per heavy atom. The van der Waals surface area contributed by atoms with Crippen molar-refractivity contribution in [2.24, 2.45) is 0 Å². The molecule has 0 spiro atoms. The van der Waals surface area contributed by atoms with Gasteiger partial charge in [-0.15, -0.1) is 11.3 Å². The highest BCUT2D eigenvalue weighted by Crippen LogP contribution is 2.26. The lowest BCUT2D eigenvalue weighted by Gasteiger charge is -2.13. The lowest BCUT2D eigenvalue weighted by Crippen LogP contribution is -2.07. The van der Waals surface area contributed by atoms with Crippen LogP contribution in [0.2, 0.25) is 0 Å². The zero-order chi connectivity index (χ0) is 14.0. The van der Waals surface area contributed by atoms with Crippen molar-refractivity contribution in [1.29, 1.82) is 0 Å². The first kappa shape index (κ1) is 13.4. The number of hydrogen-bond donors (Lipinski definition) is 1. The number of rotatable bonds is 4. The number of nitro groups is 1. The van der Waals surface area contributed by atoms with E-state index < -0.39 is 10.7 Å². The molecule has 0 bridgehead atoms. The molecule has 1 unspecified atom stereocenters. The van der Waals surface area contributed by atoms with Gasteiger partial charge in [0, 0.05) is 17.1 Å². The highest BCUT2D eigenvalue weighted by molar-refractivity contribution is 7.11. The van der Waals surface area contributed by atoms with Gasteiger partial charge in [-0.1, -0.05) is 0 Å². The standard InChI is InChI=1S/C12H12FN3O2S/c1-7-6-14-12(19-7)8(2)15-11-4-3-9(16(17)18)5-10(11)13/h3-6,8,15H,1-2H3. The van der Waals surface area contributed by atoms with E-state index in [4.69, 9.17) is 0 Å². The lowest BCUT2D eigenvalue weighted by atomic mass is 10.2. The Labute approximate surface area is 113 Å². The average molecular weight is 281 g/mol. The maximum atomic E-state index is 13.7. The minimum atomic E-state index is -0.644. The molecule has 2 rings (SSSR count). The second kappa shape index (κ2) is 5.31. The molecule has 0 saturated heterocycles. The van der Waals surface area contributed by atoms with Crippen molar-refractivity contribution in [2.45, 2.75) is 19.9 Å². The highest BCUT2D eigenvalue weighted by atomic mass is 32.1. The second-order valence-corrected chi connectivity index (χ2v) is 5.36. The molecular weight excluding hydrogens is 269 g/mol. The predicted molar refractivity (Wildman–Crippen MR) is 71.9 cm³/mol. The van der Waals surface area contributed by atoms with Crippen LogP contribution >= 0.6 is 11.3 Å². The number of nitrogens with one attached hydrogen (secondary N) is 1. The van der Waals surface area contributed by atoms with Crippen molar-refractivity contribution < 1.29 is 9.31 Å². The molecule has 1 N–H and O–H groups in total. The largest absolute Gasteiger partial charge is 0.374 e.